The Labute approximate surface area is 158 Å². The molecule has 6 nitrogen and oxygen atoms in total. The van der Waals surface area contributed by atoms with E-state index < -0.39 is 31.3 Å². The average molecular weight is 486 g/mol. The van der Waals surface area contributed by atoms with Crippen LogP contribution in [0.1, 0.15) is 12.8 Å². The molecule has 3 heterocycles. The van der Waals surface area contributed by atoms with Crippen molar-refractivity contribution in [2.24, 2.45) is 5.92 Å². The Morgan fingerprint density at radius 3 is 1.26 bits per heavy atom. The average Bonchev–Trinajstić information content (AvgIpc) is 3.30. The quantitative estimate of drug-likeness (QED) is 0.238. The minimum Gasteiger partial charge on any atom is -0.741 e. The summed E-state index contributed by atoms with van der Waals surface area (Å²) in [6, 6.07) is 0. The van der Waals surface area contributed by atoms with Crippen molar-refractivity contribution < 1.29 is 52.3 Å². The number of halogens is 6. The molecule has 3 saturated heterocycles. The molecule has 4 fully saturated rings. The largest absolute Gasteiger partial charge is 0.741 e. The minimum atomic E-state index is -6.09. The van der Waals surface area contributed by atoms with Crippen LogP contribution in [-0.2, 0) is 42.0 Å². The third kappa shape index (κ3) is 8.16. The van der Waals surface area contributed by atoms with Crippen molar-refractivity contribution in [2.75, 3.05) is 28.8 Å². The van der Waals surface area contributed by atoms with Crippen LogP contribution >= 0.6 is 0 Å². The Morgan fingerprint density at radius 1 is 0.741 bits per heavy atom. The first-order chi connectivity index (χ1) is 11.9. The van der Waals surface area contributed by atoms with Gasteiger partial charge >= 0.3 is 11.0 Å². The molecule has 2 bridgehead atoms. The summed E-state index contributed by atoms with van der Waals surface area (Å²) in [5.74, 6) is 9.37. The molecule has 0 aromatic heterocycles. The molecule has 4 rings (SSSR count). The van der Waals surface area contributed by atoms with Gasteiger partial charge in [-0.1, -0.05) is 0 Å². The van der Waals surface area contributed by atoms with Crippen LogP contribution in [0, 0.1) is 5.92 Å². The molecule has 27 heavy (non-hydrogen) atoms. The first kappa shape index (κ1) is 25.1. The molecule has 16 heteroatoms. The van der Waals surface area contributed by atoms with Crippen LogP contribution in [0.4, 0.5) is 26.3 Å². The van der Waals surface area contributed by atoms with E-state index in [2.05, 4.69) is 0 Å². The highest BCUT2D eigenvalue weighted by atomic mass is 32.2. The van der Waals surface area contributed by atoms with Crippen molar-refractivity contribution in [3.8, 4) is 0 Å². The second-order valence-corrected chi connectivity index (χ2v) is 13.4. The van der Waals surface area contributed by atoms with E-state index in [0.717, 1.165) is 21.8 Å². The summed E-state index contributed by atoms with van der Waals surface area (Å²) in [4.78, 5) is 0. The molecule has 0 aromatic carbocycles. The summed E-state index contributed by atoms with van der Waals surface area (Å²) in [5.41, 5.74) is -11.3. The van der Waals surface area contributed by atoms with Crippen molar-refractivity contribution in [1.29, 1.82) is 0 Å². The van der Waals surface area contributed by atoms with E-state index in [1.54, 1.807) is 41.6 Å². The van der Waals surface area contributed by atoms with Gasteiger partial charge < -0.3 is 9.11 Å². The predicted octanol–water partition coefficient (Wildman–Crippen LogP) is 1.13. The fourth-order valence-corrected chi connectivity index (χ4v) is 10.2. The van der Waals surface area contributed by atoms with Gasteiger partial charge in [0.1, 0.15) is 0 Å². The molecule has 162 valence electrons. The van der Waals surface area contributed by atoms with E-state index in [-0.39, 0.29) is 0 Å². The van der Waals surface area contributed by atoms with Gasteiger partial charge in [0.2, 0.25) is 0 Å². The highest BCUT2D eigenvalue weighted by molar-refractivity contribution is 8.07. The third-order valence-electron chi connectivity index (χ3n) is 3.81. The van der Waals surface area contributed by atoms with Crippen LogP contribution < -0.4 is 0 Å². The normalized spacial score (nSPS) is 28.5. The molecule has 0 radical (unpaired) electrons. The summed E-state index contributed by atoms with van der Waals surface area (Å²) >= 11 is 0. The Morgan fingerprint density at radius 2 is 1.07 bits per heavy atom. The van der Waals surface area contributed by atoms with Gasteiger partial charge in [0.25, 0.3) is 0 Å². The zero-order chi connectivity index (χ0) is 21.3. The fraction of sp³-hybridized carbons (Fsp3) is 1.00. The number of alkyl halides is 6. The number of hydrogen-bond donors (Lipinski definition) is 0. The van der Waals surface area contributed by atoms with E-state index >= 15 is 0 Å². The molecule has 1 aliphatic carbocycles. The van der Waals surface area contributed by atoms with Gasteiger partial charge in [-0.15, -0.1) is 0 Å². The zero-order valence-corrected chi connectivity index (χ0v) is 16.7. The van der Waals surface area contributed by atoms with Crippen molar-refractivity contribution in [2.45, 2.75) is 29.1 Å². The molecule has 0 N–H and O–H groups in total. The predicted molar refractivity (Wildman–Crippen MR) is 87.1 cm³/mol. The summed E-state index contributed by atoms with van der Waals surface area (Å²) in [7, 11) is -10.4. The maximum Gasteiger partial charge on any atom is 0.485 e. The van der Waals surface area contributed by atoms with Gasteiger partial charge in [0.05, 0.1) is 0 Å². The van der Waals surface area contributed by atoms with Crippen LogP contribution in [-0.4, -0.2) is 71.0 Å². The van der Waals surface area contributed by atoms with Gasteiger partial charge in [-0.3, -0.25) is 0 Å². The molecule has 0 spiro atoms. The first-order valence-electron chi connectivity index (χ1n) is 7.28. The Balaban J connectivity index is 0.000000209. The van der Waals surface area contributed by atoms with Crippen LogP contribution in [0.15, 0.2) is 0 Å². The lowest BCUT2D eigenvalue weighted by atomic mass is 10.3. The van der Waals surface area contributed by atoms with E-state index in [4.69, 9.17) is 25.9 Å². The minimum absolute atomic E-state index is 0.911. The Hall–Kier alpha value is 0.1000. The molecule has 1 saturated carbocycles. The fourth-order valence-electron chi connectivity index (χ4n) is 2.33. The van der Waals surface area contributed by atoms with E-state index in [1.165, 1.54) is 11.2 Å². The standard InChI is InChI=1S/C9H16S2.2CHF3O3S/c1-2-8(1)9-7-10-3-5-11(9)6-4-10;2*2-1(3,4)8(5,6)7/h8-9H,1-7H2;2*(H,5,6,7)/q+2;;/p-2. The van der Waals surface area contributed by atoms with Crippen molar-refractivity contribution in [3.63, 3.8) is 0 Å². The zero-order valence-electron chi connectivity index (χ0n) is 13.5. The first-order valence-corrected chi connectivity index (χ1v) is 13.5. The topological polar surface area (TPSA) is 114 Å². The monoisotopic (exact) mass is 486 g/mol. The summed E-state index contributed by atoms with van der Waals surface area (Å²) in [5, 5.41) is 1.24. The highest BCUT2D eigenvalue weighted by Crippen LogP contribution is 2.41. The lowest BCUT2D eigenvalue weighted by molar-refractivity contribution is -0.0522. The number of fused-ring (bicyclic) bond motifs is 3. The van der Waals surface area contributed by atoms with Gasteiger partial charge in [-0.25, -0.2) is 16.8 Å². The second-order valence-electron chi connectivity index (χ2n) is 5.81. The van der Waals surface area contributed by atoms with Crippen molar-refractivity contribution in [1.82, 2.24) is 0 Å². The molecule has 4 aliphatic rings. The van der Waals surface area contributed by atoms with Gasteiger partial charge in [0.15, 0.2) is 54.3 Å². The van der Waals surface area contributed by atoms with Crippen LogP contribution in [0.5, 0.6) is 0 Å². The van der Waals surface area contributed by atoms with Crippen LogP contribution in [0.2, 0.25) is 0 Å². The SMILES string of the molecule is C1CC1C1C[S+]2CC[S+]1CC2.O=S(=O)([O-])C(F)(F)F.O=S(=O)([O-])C(F)(F)F. The molecular weight excluding hydrogens is 470 g/mol. The van der Waals surface area contributed by atoms with Crippen LogP contribution in [0.3, 0.4) is 0 Å². The summed E-state index contributed by atoms with van der Waals surface area (Å²) in [6.07, 6.45) is 3.18. The van der Waals surface area contributed by atoms with E-state index in [0.29, 0.717) is 0 Å². The number of rotatable bonds is 1. The molecule has 1 atom stereocenters. The lowest BCUT2D eigenvalue weighted by Crippen LogP contribution is -2.51. The van der Waals surface area contributed by atoms with Gasteiger partial charge in [-0.2, -0.15) is 26.3 Å². The molecular formula is C11H16F6O6S4. The van der Waals surface area contributed by atoms with E-state index in [1.807, 2.05) is 0 Å². The third-order valence-corrected chi connectivity index (χ3v) is 10.9. The molecule has 1 unspecified atom stereocenters. The van der Waals surface area contributed by atoms with Gasteiger partial charge in [0, 0.05) is 27.7 Å². The molecule has 0 amide bonds. The maximum absolute atomic E-state index is 10.7. The maximum atomic E-state index is 10.7. The second kappa shape index (κ2) is 8.85. The van der Waals surface area contributed by atoms with Crippen molar-refractivity contribution >= 4 is 42.0 Å². The smallest absolute Gasteiger partial charge is 0.485 e. The Kier molecular flexibility index (Phi) is 8.24. The Bertz CT molecular complexity index is 650. The molecule has 0 aromatic rings. The molecule has 3 aliphatic heterocycles. The van der Waals surface area contributed by atoms with Crippen molar-refractivity contribution in [3.05, 3.63) is 0 Å². The summed E-state index contributed by atoms with van der Waals surface area (Å²) < 4.78 is 118. The lowest BCUT2D eigenvalue weighted by Gasteiger charge is -2.28. The van der Waals surface area contributed by atoms with Crippen LogP contribution in [0.25, 0.3) is 0 Å². The van der Waals surface area contributed by atoms with E-state index in [9.17, 15) is 26.3 Å². The summed E-state index contributed by atoms with van der Waals surface area (Å²) in [6.45, 7) is 0. The van der Waals surface area contributed by atoms with Gasteiger partial charge in [-0.05, 0) is 12.8 Å². The number of hydrogen-bond acceptors (Lipinski definition) is 6. The highest BCUT2D eigenvalue weighted by Gasteiger charge is 2.55.